The van der Waals surface area contributed by atoms with E-state index in [0.717, 1.165) is 16.7 Å². The molecule has 4 rings (SSSR count). The Hall–Kier alpha value is -2.33. The quantitative estimate of drug-likeness (QED) is 0.506. The molecule has 0 aliphatic carbocycles. The summed E-state index contributed by atoms with van der Waals surface area (Å²) in [6, 6.07) is 25.5. The fourth-order valence-corrected chi connectivity index (χ4v) is 3.34. The molecule has 0 saturated heterocycles. The molecule has 0 unspecified atom stereocenters. The van der Waals surface area contributed by atoms with E-state index < -0.39 is 0 Å². The Morgan fingerprint density at radius 1 is 0.852 bits per heavy atom. The summed E-state index contributed by atoms with van der Waals surface area (Å²) in [7, 11) is 0. The number of hydroxylamine groups is 2. The van der Waals surface area contributed by atoms with Gasteiger partial charge >= 0.3 is 0 Å². The highest BCUT2D eigenvalue weighted by atomic mass is 35.5. The summed E-state index contributed by atoms with van der Waals surface area (Å²) >= 11 is 12.1. The largest absolute Gasteiger partial charge is 0.382 e. The number of nitrogens with zero attached hydrogens (tertiary/aromatic N) is 2. The second kappa shape index (κ2) is 7.73. The van der Waals surface area contributed by atoms with E-state index in [4.69, 9.17) is 33.0 Å². The van der Waals surface area contributed by atoms with Crippen LogP contribution in [0.15, 0.2) is 83.9 Å². The zero-order chi connectivity index (χ0) is 18.8. The van der Waals surface area contributed by atoms with E-state index in [1.807, 2.05) is 71.8 Å². The van der Waals surface area contributed by atoms with Crippen molar-refractivity contribution in [1.29, 1.82) is 0 Å². The lowest BCUT2D eigenvalue weighted by Gasteiger charge is -2.28. The molecular weight excluding hydrogens is 379 g/mol. The fraction of sp³-hybridized carbons (Fsp3) is 0.136. The standard InChI is InChI=1S/C22H18Cl2N2O/c1-15(16-5-3-2-4-6-16)26-21(17-7-11-19(23)12-8-17)25-22(27-26)18-9-13-20(24)14-10-18/h2-15,21H,1H3/t15-,21-/m0/s1. The maximum absolute atomic E-state index is 6.21. The number of hydrogen-bond acceptors (Lipinski definition) is 3. The van der Waals surface area contributed by atoms with Crippen LogP contribution in [-0.2, 0) is 4.84 Å². The van der Waals surface area contributed by atoms with Gasteiger partial charge < -0.3 is 4.84 Å². The van der Waals surface area contributed by atoms with Crippen LogP contribution >= 0.6 is 23.2 Å². The van der Waals surface area contributed by atoms with Crippen molar-refractivity contribution < 1.29 is 4.84 Å². The van der Waals surface area contributed by atoms with Gasteiger partial charge in [0.15, 0.2) is 6.17 Å². The summed E-state index contributed by atoms with van der Waals surface area (Å²) in [6.07, 6.45) is -0.261. The van der Waals surface area contributed by atoms with Gasteiger partial charge in [-0.3, -0.25) is 0 Å². The molecule has 0 bridgehead atoms. The van der Waals surface area contributed by atoms with Gasteiger partial charge in [-0.2, -0.15) is 0 Å². The summed E-state index contributed by atoms with van der Waals surface area (Å²) < 4.78 is 0. The van der Waals surface area contributed by atoms with Crippen molar-refractivity contribution in [3.63, 3.8) is 0 Å². The SMILES string of the molecule is C[C@@H](c1ccccc1)N1OC(c2ccc(Cl)cc2)=N[C@@H]1c1ccc(Cl)cc1. The molecule has 1 aliphatic rings. The third-order valence-electron chi connectivity index (χ3n) is 4.60. The molecule has 3 nitrogen and oxygen atoms in total. The van der Waals surface area contributed by atoms with Crippen LogP contribution in [0.1, 0.15) is 35.8 Å². The Morgan fingerprint density at radius 3 is 2.07 bits per heavy atom. The number of halogens is 2. The first kappa shape index (κ1) is 18.1. The van der Waals surface area contributed by atoms with Crippen molar-refractivity contribution in [2.24, 2.45) is 4.99 Å². The average molecular weight is 397 g/mol. The molecule has 136 valence electrons. The molecule has 0 amide bonds. The van der Waals surface area contributed by atoms with Crippen molar-refractivity contribution in [3.05, 3.63) is 106 Å². The highest BCUT2D eigenvalue weighted by Gasteiger charge is 2.35. The topological polar surface area (TPSA) is 24.8 Å². The molecule has 2 atom stereocenters. The van der Waals surface area contributed by atoms with Crippen LogP contribution in [0, 0.1) is 0 Å². The Morgan fingerprint density at radius 2 is 1.44 bits per heavy atom. The van der Waals surface area contributed by atoms with Crippen LogP contribution in [0.25, 0.3) is 0 Å². The molecule has 3 aromatic carbocycles. The maximum atomic E-state index is 6.21. The molecule has 0 fully saturated rings. The fourth-order valence-electron chi connectivity index (χ4n) is 3.09. The predicted octanol–water partition coefficient (Wildman–Crippen LogP) is 6.45. The average Bonchev–Trinajstić information content (AvgIpc) is 3.14. The zero-order valence-corrected chi connectivity index (χ0v) is 16.2. The van der Waals surface area contributed by atoms with E-state index in [0.29, 0.717) is 15.9 Å². The van der Waals surface area contributed by atoms with Crippen LogP contribution in [-0.4, -0.2) is 11.0 Å². The summed E-state index contributed by atoms with van der Waals surface area (Å²) in [5, 5.41) is 3.30. The summed E-state index contributed by atoms with van der Waals surface area (Å²) in [5.74, 6) is 0.578. The Bertz CT molecular complexity index is 940. The highest BCUT2D eigenvalue weighted by molar-refractivity contribution is 6.30. The van der Waals surface area contributed by atoms with Gasteiger partial charge in [0.2, 0.25) is 5.90 Å². The minimum Gasteiger partial charge on any atom is -0.382 e. The van der Waals surface area contributed by atoms with Crippen LogP contribution in [0.4, 0.5) is 0 Å². The van der Waals surface area contributed by atoms with Gasteiger partial charge in [0.25, 0.3) is 0 Å². The smallest absolute Gasteiger partial charge is 0.243 e. The molecule has 1 aliphatic heterocycles. The molecule has 27 heavy (non-hydrogen) atoms. The second-order valence-corrected chi connectivity index (χ2v) is 7.28. The monoisotopic (exact) mass is 396 g/mol. The van der Waals surface area contributed by atoms with E-state index >= 15 is 0 Å². The van der Waals surface area contributed by atoms with E-state index in [-0.39, 0.29) is 12.2 Å². The minimum atomic E-state index is -0.261. The van der Waals surface area contributed by atoms with E-state index in [2.05, 4.69) is 19.1 Å². The van der Waals surface area contributed by atoms with E-state index in [9.17, 15) is 0 Å². The van der Waals surface area contributed by atoms with Crippen LogP contribution in [0.3, 0.4) is 0 Å². The molecule has 0 radical (unpaired) electrons. The summed E-state index contributed by atoms with van der Waals surface area (Å²) in [5.41, 5.74) is 3.07. The van der Waals surface area contributed by atoms with Gasteiger partial charge in [-0.1, -0.05) is 65.7 Å². The number of aliphatic imine (C=N–C) groups is 1. The Kier molecular flexibility index (Phi) is 5.17. The molecular formula is C22H18Cl2N2O. The van der Waals surface area contributed by atoms with Crippen molar-refractivity contribution in [2.45, 2.75) is 19.1 Å². The normalized spacial score (nSPS) is 18.0. The predicted molar refractivity (Wildman–Crippen MR) is 110 cm³/mol. The van der Waals surface area contributed by atoms with Gasteiger partial charge in [-0.15, -0.1) is 5.06 Å². The number of benzene rings is 3. The first-order chi connectivity index (χ1) is 13.1. The maximum Gasteiger partial charge on any atom is 0.243 e. The zero-order valence-electron chi connectivity index (χ0n) is 14.7. The molecule has 3 aromatic rings. The first-order valence-corrected chi connectivity index (χ1v) is 9.48. The number of hydrogen-bond donors (Lipinski definition) is 0. The summed E-state index contributed by atoms with van der Waals surface area (Å²) in [4.78, 5) is 11.1. The first-order valence-electron chi connectivity index (χ1n) is 8.72. The highest BCUT2D eigenvalue weighted by Crippen LogP contribution is 2.37. The molecule has 0 spiro atoms. The number of rotatable bonds is 4. The molecule has 5 heteroatoms. The van der Waals surface area contributed by atoms with Crippen LogP contribution in [0.2, 0.25) is 10.0 Å². The van der Waals surface area contributed by atoms with Crippen LogP contribution < -0.4 is 0 Å². The van der Waals surface area contributed by atoms with Crippen molar-refractivity contribution >= 4 is 29.1 Å². The molecule has 1 heterocycles. The van der Waals surface area contributed by atoms with E-state index in [1.165, 1.54) is 0 Å². The third kappa shape index (κ3) is 3.86. The minimum absolute atomic E-state index is 0.0143. The lowest BCUT2D eigenvalue weighted by molar-refractivity contribution is -0.117. The Balaban J connectivity index is 1.71. The van der Waals surface area contributed by atoms with E-state index in [1.54, 1.807) is 0 Å². The van der Waals surface area contributed by atoms with Gasteiger partial charge in [0.1, 0.15) is 0 Å². The molecule has 0 aromatic heterocycles. The third-order valence-corrected chi connectivity index (χ3v) is 5.10. The lowest BCUT2D eigenvalue weighted by Crippen LogP contribution is -2.27. The van der Waals surface area contributed by atoms with Gasteiger partial charge in [0, 0.05) is 15.6 Å². The van der Waals surface area contributed by atoms with Gasteiger partial charge in [-0.25, -0.2) is 4.99 Å². The Labute approximate surface area is 168 Å². The van der Waals surface area contributed by atoms with Crippen LogP contribution in [0.5, 0.6) is 0 Å². The van der Waals surface area contributed by atoms with Crippen molar-refractivity contribution in [3.8, 4) is 0 Å². The second-order valence-electron chi connectivity index (χ2n) is 6.40. The summed E-state index contributed by atoms with van der Waals surface area (Å²) in [6.45, 7) is 2.11. The van der Waals surface area contributed by atoms with Crippen molar-refractivity contribution in [1.82, 2.24) is 5.06 Å². The lowest BCUT2D eigenvalue weighted by atomic mass is 10.1. The van der Waals surface area contributed by atoms with Gasteiger partial charge in [-0.05, 0) is 54.4 Å². The molecule has 0 saturated carbocycles. The van der Waals surface area contributed by atoms with Crippen molar-refractivity contribution in [2.75, 3.05) is 0 Å². The molecule has 0 N–H and O–H groups in total. The van der Waals surface area contributed by atoms with Gasteiger partial charge in [0.05, 0.1) is 6.04 Å².